The van der Waals surface area contributed by atoms with Crippen LogP contribution in [0.15, 0.2) is 30.3 Å². The molecule has 2 rings (SSSR count). The van der Waals surface area contributed by atoms with Gasteiger partial charge in [0.15, 0.2) is 0 Å². The van der Waals surface area contributed by atoms with Crippen LogP contribution in [-0.2, 0) is 13.2 Å². The van der Waals surface area contributed by atoms with Crippen LogP contribution in [0.4, 0.5) is 0 Å². The monoisotopic (exact) mass is 303 g/mol. The molecule has 1 aromatic heterocycles. The SMILES string of the molecule is Cc1cccc(OCc2cc(CNCC(C)C)sc2C)c1. The average Bonchev–Trinajstić information content (AvgIpc) is 2.76. The predicted molar refractivity (Wildman–Crippen MR) is 91.1 cm³/mol. The number of hydrogen-bond donors (Lipinski definition) is 1. The lowest BCUT2D eigenvalue weighted by atomic mass is 10.2. The predicted octanol–water partition coefficient (Wildman–Crippen LogP) is 4.69. The highest BCUT2D eigenvalue weighted by atomic mass is 32.1. The summed E-state index contributed by atoms with van der Waals surface area (Å²) in [5.41, 5.74) is 2.52. The van der Waals surface area contributed by atoms with Crippen LogP contribution in [0, 0.1) is 19.8 Å². The molecule has 0 radical (unpaired) electrons. The number of ether oxygens (including phenoxy) is 1. The Morgan fingerprint density at radius 3 is 2.71 bits per heavy atom. The fourth-order valence-corrected chi connectivity index (χ4v) is 3.19. The van der Waals surface area contributed by atoms with Gasteiger partial charge in [-0.05, 0) is 50.1 Å². The van der Waals surface area contributed by atoms with Gasteiger partial charge >= 0.3 is 0 Å². The first kappa shape index (κ1) is 16.1. The van der Waals surface area contributed by atoms with E-state index in [0.717, 1.165) is 18.8 Å². The molecular formula is C18H25NOS. The molecule has 0 aliphatic carbocycles. The molecule has 0 unspecified atom stereocenters. The first-order chi connectivity index (χ1) is 10.0. The van der Waals surface area contributed by atoms with Crippen LogP contribution in [0.3, 0.4) is 0 Å². The van der Waals surface area contributed by atoms with Gasteiger partial charge in [0, 0.05) is 21.9 Å². The Morgan fingerprint density at radius 2 is 2.00 bits per heavy atom. The standard InChI is InChI=1S/C18H25NOS/c1-13(2)10-19-11-18-9-16(15(4)21-18)12-20-17-7-5-6-14(3)8-17/h5-9,13,19H,10-12H2,1-4H3. The van der Waals surface area contributed by atoms with Crippen molar-refractivity contribution in [1.29, 1.82) is 0 Å². The summed E-state index contributed by atoms with van der Waals surface area (Å²) in [4.78, 5) is 2.74. The second kappa shape index (κ2) is 7.62. The van der Waals surface area contributed by atoms with E-state index in [0.29, 0.717) is 12.5 Å². The Labute approximate surface area is 132 Å². The van der Waals surface area contributed by atoms with Crippen LogP contribution in [-0.4, -0.2) is 6.54 Å². The third-order valence-electron chi connectivity index (χ3n) is 3.31. The molecule has 2 nitrogen and oxygen atoms in total. The lowest BCUT2D eigenvalue weighted by molar-refractivity contribution is 0.306. The van der Waals surface area contributed by atoms with E-state index < -0.39 is 0 Å². The van der Waals surface area contributed by atoms with Crippen LogP contribution < -0.4 is 10.1 Å². The highest BCUT2D eigenvalue weighted by Crippen LogP contribution is 2.23. The molecular weight excluding hydrogens is 278 g/mol. The van der Waals surface area contributed by atoms with E-state index in [-0.39, 0.29) is 0 Å². The third kappa shape index (κ3) is 5.18. The highest BCUT2D eigenvalue weighted by molar-refractivity contribution is 7.12. The lowest BCUT2D eigenvalue weighted by Gasteiger charge is -2.06. The second-order valence-electron chi connectivity index (χ2n) is 5.92. The van der Waals surface area contributed by atoms with Crippen molar-refractivity contribution in [2.24, 2.45) is 5.92 Å². The summed E-state index contributed by atoms with van der Waals surface area (Å²) >= 11 is 1.86. The number of benzene rings is 1. The number of thiophene rings is 1. The summed E-state index contributed by atoms with van der Waals surface area (Å²) in [5, 5.41) is 3.49. The molecule has 21 heavy (non-hydrogen) atoms. The van der Waals surface area contributed by atoms with Crippen molar-refractivity contribution in [2.75, 3.05) is 6.54 Å². The molecule has 3 heteroatoms. The second-order valence-corrected chi connectivity index (χ2v) is 7.26. The van der Waals surface area contributed by atoms with Crippen LogP contribution in [0.1, 0.15) is 34.7 Å². The van der Waals surface area contributed by atoms with Crippen LogP contribution >= 0.6 is 11.3 Å². The van der Waals surface area contributed by atoms with Gasteiger partial charge in [0.1, 0.15) is 12.4 Å². The van der Waals surface area contributed by atoms with Crippen LogP contribution in [0.2, 0.25) is 0 Å². The quantitative estimate of drug-likeness (QED) is 0.801. The minimum Gasteiger partial charge on any atom is -0.489 e. The molecule has 0 atom stereocenters. The summed E-state index contributed by atoms with van der Waals surface area (Å²) in [6.07, 6.45) is 0. The minimum atomic E-state index is 0.649. The topological polar surface area (TPSA) is 21.3 Å². The van der Waals surface area contributed by atoms with Crippen molar-refractivity contribution in [3.8, 4) is 5.75 Å². The zero-order valence-corrected chi connectivity index (χ0v) is 14.2. The summed E-state index contributed by atoms with van der Waals surface area (Å²) in [5.74, 6) is 1.63. The normalized spacial score (nSPS) is 11.1. The van der Waals surface area contributed by atoms with Crippen molar-refractivity contribution in [3.05, 3.63) is 51.2 Å². The smallest absolute Gasteiger partial charge is 0.120 e. The fraction of sp³-hybridized carbons (Fsp3) is 0.444. The van der Waals surface area contributed by atoms with Gasteiger partial charge in [-0.3, -0.25) is 0 Å². The molecule has 2 aromatic rings. The number of aryl methyl sites for hydroxylation is 2. The zero-order valence-electron chi connectivity index (χ0n) is 13.4. The van der Waals surface area contributed by atoms with Gasteiger partial charge in [0.05, 0.1) is 0 Å². The van der Waals surface area contributed by atoms with Crippen molar-refractivity contribution in [1.82, 2.24) is 5.32 Å². The molecule has 0 aliphatic rings. The molecule has 0 bridgehead atoms. The molecule has 1 N–H and O–H groups in total. The Bertz CT molecular complexity index is 574. The number of hydrogen-bond acceptors (Lipinski definition) is 3. The molecule has 0 aliphatic heterocycles. The van der Waals surface area contributed by atoms with Gasteiger partial charge in [0.25, 0.3) is 0 Å². The van der Waals surface area contributed by atoms with Gasteiger partial charge in [-0.15, -0.1) is 11.3 Å². The molecule has 114 valence electrons. The first-order valence-corrected chi connectivity index (χ1v) is 8.34. The fourth-order valence-electron chi connectivity index (χ4n) is 2.17. The zero-order chi connectivity index (χ0) is 15.2. The third-order valence-corrected chi connectivity index (χ3v) is 4.40. The Morgan fingerprint density at radius 1 is 1.19 bits per heavy atom. The van der Waals surface area contributed by atoms with Crippen LogP contribution in [0.5, 0.6) is 5.75 Å². The van der Waals surface area contributed by atoms with Gasteiger partial charge in [0.2, 0.25) is 0 Å². The number of rotatable bonds is 7. The Hall–Kier alpha value is -1.32. The maximum Gasteiger partial charge on any atom is 0.120 e. The Kier molecular flexibility index (Phi) is 5.83. The van der Waals surface area contributed by atoms with Crippen molar-refractivity contribution in [2.45, 2.75) is 40.8 Å². The van der Waals surface area contributed by atoms with E-state index in [2.05, 4.69) is 51.2 Å². The molecule has 0 amide bonds. The summed E-state index contributed by atoms with van der Waals surface area (Å²) in [6, 6.07) is 10.5. The Balaban J connectivity index is 1.90. The van der Waals surface area contributed by atoms with Gasteiger partial charge in [-0.25, -0.2) is 0 Å². The van der Waals surface area contributed by atoms with E-state index in [4.69, 9.17) is 4.74 Å². The van der Waals surface area contributed by atoms with Crippen molar-refractivity contribution < 1.29 is 4.74 Å². The minimum absolute atomic E-state index is 0.649. The van der Waals surface area contributed by atoms with Gasteiger partial charge in [-0.1, -0.05) is 26.0 Å². The van der Waals surface area contributed by atoms with Gasteiger partial charge < -0.3 is 10.1 Å². The maximum atomic E-state index is 5.90. The highest BCUT2D eigenvalue weighted by Gasteiger charge is 2.06. The summed E-state index contributed by atoms with van der Waals surface area (Å²) < 4.78 is 5.90. The summed E-state index contributed by atoms with van der Waals surface area (Å²) in [6.45, 7) is 11.4. The van der Waals surface area contributed by atoms with Crippen molar-refractivity contribution in [3.63, 3.8) is 0 Å². The number of nitrogens with one attached hydrogen (secondary N) is 1. The molecule has 1 aromatic carbocycles. The lowest BCUT2D eigenvalue weighted by Crippen LogP contribution is -2.18. The van der Waals surface area contributed by atoms with Crippen LogP contribution in [0.25, 0.3) is 0 Å². The maximum absolute atomic E-state index is 5.90. The van der Waals surface area contributed by atoms with E-state index >= 15 is 0 Å². The molecule has 0 fully saturated rings. The first-order valence-electron chi connectivity index (χ1n) is 7.53. The van der Waals surface area contributed by atoms with E-state index in [9.17, 15) is 0 Å². The van der Waals surface area contributed by atoms with Gasteiger partial charge in [-0.2, -0.15) is 0 Å². The molecule has 0 saturated heterocycles. The summed E-state index contributed by atoms with van der Waals surface area (Å²) in [7, 11) is 0. The molecule has 1 heterocycles. The van der Waals surface area contributed by atoms with E-state index in [1.54, 1.807) is 0 Å². The molecule has 0 saturated carbocycles. The van der Waals surface area contributed by atoms with Crippen molar-refractivity contribution >= 4 is 11.3 Å². The van der Waals surface area contributed by atoms with E-state index in [1.807, 2.05) is 23.5 Å². The molecule has 0 spiro atoms. The largest absolute Gasteiger partial charge is 0.489 e. The average molecular weight is 303 g/mol. The van der Waals surface area contributed by atoms with E-state index in [1.165, 1.54) is 20.9 Å².